The van der Waals surface area contributed by atoms with Crippen LogP contribution in [-0.4, -0.2) is 23.2 Å². The Bertz CT molecular complexity index is 602. The van der Waals surface area contributed by atoms with Crippen LogP contribution in [0.1, 0.15) is 40.2 Å². The lowest BCUT2D eigenvalue weighted by Gasteiger charge is -2.29. The maximum absolute atomic E-state index is 3.68. The van der Waals surface area contributed by atoms with E-state index in [1.54, 1.807) is 0 Å². The molecular weight excluding hydrogens is 258 g/mol. The van der Waals surface area contributed by atoms with Crippen molar-refractivity contribution < 1.29 is 0 Å². The van der Waals surface area contributed by atoms with E-state index in [0.29, 0.717) is 0 Å². The van der Waals surface area contributed by atoms with E-state index in [2.05, 4.69) is 87.3 Å². The average molecular weight is 287 g/mol. The fraction of sp³-hybridized carbons (Fsp3) is 0.556. The lowest BCUT2D eigenvalue weighted by Crippen LogP contribution is -2.44. The van der Waals surface area contributed by atoms with Gasteiger partial charge in [-0.25, -0.2) is 0 Å². The van der Waals surface area contributed by atoms with Crippen molar-refractivity contribution in [1.82, 2.24) is 15.2 Å². The minimum atomic E-state index is -0.0412. The van der Waals surface area contributed by atoms with Gasteiger partial charge in [-0.15, -0.1) is 0 Å². The van der Waals surface area contributed by atoms with Crippen LogP contribution in [0.3, 0.4) is 0 Å². The van der Waals surface area contributed by atoms with Crippen LogP contribution in [0.25, 0.3) is 10.9 Å². The van der Waals surface area contributed by atoms with Gasteiger partial charge in [0, 0.05) is 48.3 Å². The largest absolute Gasteiger partial charge is 0.351 e. The molecule has 0 saturated heterocycles. The van der Waals surface area contributed by atoms with E-state index in [-0.39, 0.29) is 11.1 Å². The van der Waals surface area contributed by atoms with Crippen molar-refractivity contribution >= 4 is 10.9 Å². The SMILES string of the molecule is Cn1ccc2c(C(C)(C)NCCNC(C)(C)C)cccc21. The number of aryl methyl sites for hydroxylation is 1. The number of hydrogen-bond donors (Lipinski definition) is 2. The molecule has 1 heterocycles. The van der Waals surface area contributed by atoms with E-state index < -0.39 is 0 Å². The third-order valence-corrected chi connectivity index (χ3v) is 3.95. The monoisotopic (exact) mass is 287 g/mol. The molecule has 0 atom stereocenters. The van der Waals surface area contributed by atoms with Gasteiger partial charge in [-0.3, -0.25) is 0 Å². The predicted molar refractivity (Wildman–Crippen MR) is 91.7 cm³/mol. The molecule has 3 heteroatoms. The van der Waals surface area contributed by atoms with Crippen molar-refractivity contribution in [3.8, 4) is 0 Å². The van der Waals surface area contributed by atoms with Crippen LogP contribution in [0.4, 0.5) is 0 Å². The van der Waals surface area contributed by atoms with E-state index in [9.17, 15) is 0 Å². The molecule has 1 aromatic heterocycles. The van der Waals surface area contributed by atoms with Crippen LogP contribution in [0, 0.1) is 0 Å². The molecule has 0 bridgehead atoms. The Hall–Kier alpha value is -1.32. The number of nitrogens with zero attached hydrogens (tertiary/aromatic N) is 1. The third-order valence-electron chi connectivity index (χ3n) is 3.95. The fourth-order valence-corrected chi connectivity index (χ4v) is 2.76. The normalized spacial score (nSPS) is 13.0. The topological polar surface area (TPSA) is 29.0 Å². The molecule has 2 N–H and O–H groups in total. The van der Waals surface area contributed by atoms with Crippen molar-refractivity contribution in [3.63, 3.8) is 0 Å². The van der Waals surface area contributed by atoms with Gasteiger partial charge < -0.3 is 15.2 Å². The molecule has 1 aromatic carbocycles. The van der Waals surface area contributed by atoms with Gasteiger partial charge in [0.05, 0.1) is 0 Å². The summed E-state index contributed by atoms with van der Waals surface area (Å²) in [6, 6.07) is 8.76. The number of hydrogen-bond acceptors (Lipinski definition) is 2. The summed E-state index contributed by atoms with van der Waals surface area (Å²) in [6.45, 7) is 13.0. The van der Waals surface area contributed by atoms with E-state index in [4.69, 9.17) is 0 Å². The molecule has 0 fully saturated rings. The first kappa shape index (κ1) is 16.1. The summed E-state index contributed by atoms with van der Waals surface area (Å²) >= 11 is 0. The Morgan fingerprint density at radius 1 is 0.952 bits per heavy atom. The van der Waals surface area contributed by atoms with Crippen molar-refractivity contribution in [3.05, 3.63) is 36.0 Å². The first-order chi connectivity index (χ1) is 9.71. The van der Waals surface area contributed by atoms with Crippen molar-refractivity contribution in [2.45, 2.75) is 45.7 Å². The predicted octanol–water partition coefficient (Wildman–Crippen LogP) is 3.39. The summed E-state index contributed by atoms with van der Waals surface area (Å²) in [5.41, 5.74) is 2.78. The van der Waals surface area contributed by atoms with Gasteiger partial charge in [0.1, 0.15) is 0 Å². The zero-order valence-corrected chi connectivity index (χ0v) is 14.2. The summed E-state index contributed by atoms with van der Waals surface area (Å²) in [6.07, 6.45) is 2.13. The second kappa shape index (κ2) is 5.82. The van der Waals surface area contributed by atoms with E-state index in [1.165, 1.54) is 16.5 Å². The molecule has 0 aliphatic rings. The summed E-state index contributed by atoms with van der Waals surface area (Å²) < 4.78 is 2.18. The minimum Gasteiger partial charge on any atom is -0.351 e. The first-order valence-electron chi connectivity index (χ1n) is 7.75. The second-order valence-electron chi connectivity index (χ2n) is 7.39. The zero-order valence-electron chi connectivity index (χ0n) is 14.2. The summed E-state index contributed by atoms with van der Waals surface area (Å²) in [5.74, 6) is 0. The van der Waals surface area contributed by atoms with Gasteiger partial charge in [-0.1, -0.05) is 12.1 Å². The summed E-state index contributed by atoms with van der Waals surface area (Å²) in [4.78, 5) is 0. The van der Waals surface area contributed by atoms with Crippen LogP contribution in [0.2, 0.25) is 0 Å². The molecule has 2 aromatic rings. The molecule has 0 saturated carbocycles. The standard InChI is InChI=1S/C18H29N3/c1-17(2,3)19-11-12-20-18(4,5)15-8-7-9-16-14(15)10-13-21(16)6/h7-10,13,19-20H,11-12H2,1-6H3. The lowest BCUT2D eigenvalue weighted by molar-refractivity contribution is 0.370. The Morgan fingerprint density at radius 2 is 1.62 bits per heavy atom. The van der Waals surface area contributed by atoms with Crippen LogP contribution >= 0.6 is 0 Å². The Labute approximate surface area is 128 Å². The van der Waals surface area contributed by atoms with Crippen LogP contribution in [-0.2, 0) is 12.6 Å². The highest BCUT2D eigenvalue weighted by atomic mass is 15.0. The number of aromatic nitrogens is 1. The second-order valence-corrected chi connectivity index (χ2v) is 7.39. The summed E-state index contributed by atoms with van der Waals surface area (Å²) in [7, 11) is 2.10. The van der Waals surface area contributed by atoms with Crippen LogP contribution in [0.15, 0.2) is 30.5 Å². The molecule has 116 valence electrons. The molecule has 2 rings (SSSR count). The van der Waals surface area contributed by atoms with E-state index in [0.717, 1.165) is 13.1 Å². The van der Waals surface area contributed by atoms with E-state index >= 15 is 0 Å². The number of rotatable bonds is 5. The van der Waals surface area contributed by atoms with Gasteiger partial charge in [-0.2, -0.15) is 0 Å². The van der Waals surface area contributed by atoms with Gasteiger partial charge in [0.15, 0.2) is 0 Å². The van der Waals surface area contributed by atoms with Gasteiger partial charge >= 0.3 is 0 Å². The lowest BCUT2D eigenvalue weighted by atomic mass is 9.91. The van der Waals surface area contributed by atoms with Crippen molar-refractivity contribution in [2.75, 3.05) is 13.1 Å². The summed E-state index contributed by atoms with van der Waals surface area (Å²) in [5, 5.41) is 8.53. The molecule has 0 aliphatic carbocycles. The van der Waals surface area contributed by atoms with Gasteiger partial charge in [-0.05, 0) is 52.3 Å². The van der Waals surface area contributed by atoms with Crippen molar-refractivity contribution in [2.24, 2.45) is 7.05 Å². The molecule has 0 unspecified atom stereocenters. The third kappa shape index (κ3) is 3.86. The molecular formula is C18H29N3. The quantitative estimate of drug-likeness (QED) is 0.825. The fourth-order valence-electron chi connectivity index (χ4n) is 2.76. The first-order valence-corrected chi connectivity index (χ1v) is 7.75. The number of nitrogens with one attached hydrogen (secondary N) is 2. The number of fused-ring (bicyclic) bond motifs is 1. The Kier molecular flexibility index (Phi) is 4.45. The maximum Gasteiger partial charge on any atom is 0.0481 e. The Morgan fingerprint density at radius 3 is 2.29 bits per heavy atom. The maximum atomic E-state index is 3.68. The zero-order chi connectivity index (χ0) is 15.7. The molecule has 21 heavy (non-hydrogen) atoms. The smallest absolute Gasteiger partial charge is 0.0481 e. The molecule has 0 radical (unpaired) electrons. The average Bonchev–Trinajstić information content (AvgIpc) is 2.76. The highest BCUT2D eigenvalue weighted by Crippen LogP contribution is 2.28. The molecule has 0 spiro atoms. The Balaban J connectivity index is 2.11. The van der Waals surface area contributed by atoms with Crippen LogP contribution < -0.4 is 10.6 Å². The van der Waals surface area contributed by atoms with E-state index in [1.807, 2.05) is 0 Å². The highest BCUT2D eigenvalue weighted by molar-refractivity contribution is 5.84. The van der Waals surface area contributed by atoms with Crippen molar-refractivity contribution in [1.29, 1.82) is 0 Å². The minimum absolute atomic E-state index is 0.0412. The molecule has 0 aliphatic heterocycles. The molecule has 0 amide bonds. The van der Waals surface area contributed by atoms with Gasteiger partial charge in [0.2, 0.25) is 0 Å². The van der Waals surface area contributed by atoms with Crippen LogP contribution in [0.5, 0.6) is 0 Å². The number of benzene rings is 1. The highest BCUT2D eigenvalue weighted by Gasteiger charge is 2.22. The van der Waals surface area contributed by atoms with Gasteiger partial charge in [0.25, 0.3) is 0 Å². The molecule has 3 nitrogen and oxygen atoms in total.